The maximum Gasteiger partial charge on any atom is 0.0979 e. The zero-order valence-electron chi connectivity index (χ0n) is 40.8. The Balaban J connectivity index is 0.945. The topological polar surface area (TPSA) is 25.8 Å². The van der Waals surface area contributed by atoms with Crippen LogP contribution in [0.25, 0.3) is 122 Å². The lowest BCUT2D eigenvalue weighted by atomic mass is 9.81. The Morgan fingerprint density at radius 3 is 0.986 bits per heavy atom. The fraction of sp³-hybridized carbons (Fsp3) is 0.0857. The van der Waals surface area contributed by atoms with Crippen molar-refractivity contribution in [3.63, 3.8) is 0 Å². The molecule has 0 fully saturated rings. The van der Waals surface area contributed by atoms with E-state index < -0.39 is 0 Å². The molecule has 340 valence electrons. The number of hydrogen-bond acceptors (Lipinski definition) is 2. The molecule has 0 saturated heterocycles. The average Bonchev–Trinajstić information content (AvgIpc) is 3.80. The molecule has 12 aromatic rings. The summed E-state index contributed by atoms with van der Waals surface area (Å²) in [5.41, 5.74) is 25.2. The average molecular weight is 919 g/mol. The first-order valence-corrected chi connectivity index (χ1v) is 25.2. The number of rotatable bonds is 6. The van der Waals surface area contributed by atoms with E-state index in [0.717, 1.165) is 55.8 Å². The molecule has 11 aromatic carbocycles. The van der Waals surface area contributed by atoms with Gasteiger partial charge < -0.3 is 0 Å². The molecular weight excluding hydrogens is 869 g/mol. The normalized spacial score (nSPS) is 13.8. The highest BCUT2D eigenvalue weighted by molar-refractivity contribution is 6.05. The minimum absolute atomic E-state index is 0.0789. The fourth-order valence-corrected chi connectivity index (χ4v) is 12.1. The van der Waals surface area contributed by atoms with Gasteiger partial charge in [-0.25, -0.2) is 9.97 Å². The van der Waals surface area contributed by atoms with E-state index in [1.807, 2.05) is 0 Å². The van der Waals surface area contributed by atoms with Gasteiger partial charge in [-0.1, -0.05) is 234 Å². The van der Waals surface area contributed by atoms with E-state index in [2.05, 4.69) is 258 Å². The van der Waals surface area contributed by atoms with Crippen LogP contribution in [-0.2, 0) is 10.8 Å². The Bertz CT molecular complexity index is 3920. The Kier molecular flexibility index (Phi) is 9.32. The first kappa shape index (κ1) is 42.2. The van der Waals surface area contributed by atoms with Gasteiger partial charge in [0, 0.05) is 33.1 Å². The molecule has 1 heterocycles. The van der Waals surface area contributed by atoms with Gasteiger partial charge in [0.2, 0.25) is 0 Å². The van der Waals surface area contributed by atoms with Gasteiger partial charge in [-0.15, -0.1) is 0 Å². The van der Waals surface area contributed by atoms with Crippen LogP contribution in [0.1, 0.15) is 49.9 Å². The number of aromatic nitrogens is 2. The lowest BCUT2D eigenvalue weighted by Gasteiger charge is -2.22. The molecule has 14 rings (SSSR count). The van der Waals surface area contributed by atoms with Gasteiger partial charge in [-0.2, -0.15) is 0 Å². The fourth-order valence-electron chi connectivity index (χ4n) is 12.1. The van der Waals surface area contributed by atoms with Gasteiger partial charge >= 0.3 is 0 Å². The van der Waals surface area contributed by atoms with Crippen LogP contribution >= 0.6 is 0 Å². The van der Waals surface area contributed by atoms with Gasteiger partial charge in [0.05, 0.1) is 22.4 Å². The Morgan fingerprint density at radius 2 is 0.556 bits per heavy atom. The summed E-state index contributed by atoms with van der Waals surface area (Å²) in [6.07, 6.45) is 0. The highest BCUT2D eigenvalue weighted by Crippen LogP contribution is 2.51. The monoisotopic (exact) mass is 918 g/mol. The van der Waals surface area contributed by atoms with Crippen molar-refractivity contribution in [1.82, 2.24) is 9.97 Å². The zero-order chi connectivity index (χ0) is 48.3. The summed E-state index contributed by atoms with van der Waals surface area (Å²) in [6, 6.07) is 84.8. The molecule has 2 aliphatic carbocycles. The predicted molar refractivity (Wildman–Crippen MR) is 302 cm³/mol. The van der Waals surface area contributed by atoms with Gasteiger partial charge in [0.1, 0.15) is 0 Å². The van der Waals surface area contributed by atoms with E-state index in [1.165, 1.54) is 88.3 Å². The highest BCUT2D eigenvalue weighted by atomic mass is 14.8. The molecule has 72 heavy (non-hydrogen) atoms. The van der Waals surface area contributed by atoms with E-state index in [0.29, 0.717) is 0 Å². The maximum atomic E-state index is 5.81. The molecule has 0 spiro atoms. The second kappa shape index (κ2) is 15.9. The standard InChI is InChI=1S/C70H50N2/c1-69(2)61-19-11-9-17-57(61)59-35-33-51(41-63(59)69)45-21-27-47(28-22-45)65-66(48-29-23-46(24-30-48)52-34-36-60-58-18-10-12-20-62(58)70(3,4)64(60)42-52)72-68-56(54-32-26-44-14-6-8-16-50(44)40-54)38-37-55(67(68)71-65)53-31-25-43-13-5-7-15-49(43)39-53/h5-42H,1-4H3. The SMILES string of the molecule is CC1(C)c2ccccc2-c2ccc(-c3ccc(-c4nc5c(-c6ccc7ccccc7c6)ccc(-c6ccc7ccccc7c6)c5nc4-c4ccc(-c5ccc6c(c5)C(C)(C)c5ccccc5-6)cc4)cc3)cc21. The number of hydrogen-bond donors (Lipinski definition) is 0. The van der Waals surface area contributed by atoms with E-state index in [1.54, 1.807) is 0 Å². The molecular formula is C70H50N2. The van der Waals surface area contributed by atoms with Crippen molar-refractivity contribution in [2.24, 2.45) is 0 Å². The third kappa shape index (κ3) is 6.56. The molecule has 0 radical (unpaired) electrons. The van der Waals surface area contributed by atoms with Crippen LogP contribution in [0.3, 0.4) is 0 Å². The van der Waals surface area contributed by atoms with E-state index >= 15 is 0 Å². The number of nitrogens with zero attached hydrogens (tertiary/aromatic N) is 2. The highest BCUT2D eigenvalue weighted by Gasteiger charge is 2.36. The van der Waals surface area contributed by atoms with Crippen molar-refractivity contribution < 1.29 is 0 Å². The van der Waals surface area contributed by atoms with Gasteiger partial charge in [-0.05, 0) is 124 Å². The first-order chi connectivity index (χ1) is 35.2. The molecule has 0 atom stereocenters. The summed E-state index contributed by atoms with van der Waals surface area (Å²) in [6.45, 7) is 9.39. The molecule has 0 N–H and O–H groups in total. The van der Waals surface area contributed by atoms with E-state index in [9.17, 15) is 0 Å². The van der Waals surface area contributed by atoms with Gasteiger partial charge in [-0.3, -0.25) is 0 Å². The predicted octanol–water partition coefficient (Wildman–Crippen LogP) is 18.6. The summed E-state index contributed by atoms with van der Waals surface area (Å²) in [7, 11) is 0. The summed E-state index contributed by atoms with van der Waals surface area (Å²) < 4.78 is 0. The lowest BCUT2D eigenvalue weighted by Crippen LogP contribution is -2.14. The van der Waals surface area contributed by atoms with Crippen LogP contribution in [0, 0.1) is 0 Å². The van der Waals surface area contributed by atoms with E-state index in [4.69, 9.17) is 9.97 Å². The Hall–Kier alpha value is -8.72. The second-order valence-electron chi connectivity index (χ2n) is 20.9. The van der Waals surface area contributed by atoms with Gasteiger partial charge in [0.15, 0.2) is 0 Å². The first-order valence-electron chi connectivity index (χ1n) is 25.2. The van der Waals surface area contributed by atoms with Crippen LogP contribution in [0.2, 0.25) is 0 Å². The van der Waals surface area contributed by atoms with Crippen molar-refractivity contribution in [1.29, 1.82) is 0 Å². The lowest BCUT2D eigenvalue weighted by molar-refractivity contribution is 0.660. The number of fused-ring (bicyclic) bond motifs is 9. The minimum atomic E-state index is -0.0789. The Labute approximate surface area is 421 Å². The van der Waals surface area contributed by atoms with Crippen LogP contribution in [0.4, 0.5) is 0 Å². The summed E-state index contributed by atoms with van der Waals surface area (Å²) in [4.78, 5) is 11.6. The largest absolute Gasteiger partial charge is 0.243 e. The number of benzene rings is 11. The third-order valence-electron chi connectivity index (χ3n) is 16.1. The summed E-state index contributed by atoms with van der Waals surface area (Å²) in [5, 5.41) is 4.80. The molecule has 0 aliphatic heterocycles. The zero-order valence-corrected chi connectivity index (χ0v) is 40.8. The minimum Gasteiger partial charge on any atom is -0.243 e. The molecule has 2 aliphatic rings. The molecule has 0 unspecified atom stereocenters. The Morgan fingerprint density at radius 1 is 0.236 bits per heavy atom. The summed E-state index contributed by atoms with van der Waals surface area (Å²) >= 11 is 0. The van der Waals surface area contributed by atoms with Gasteiger partial charge in [0.25, 0.3) is 0 Å². The molecule has 2 nitrogen and oxygen atoms in total. The van der Waals surface area contributed by atoms with Crippen LogP contribution in [-0.4, -0.2) is 9.97 Å². The van der Waals surface area contributed by atoms with Crippen molar-refractivity contribution in [2.45, 2.75) is 38.5 Å². The quantitative estimate of drug-likeness (QED) is 0.166. The third-order valence-corrected chi connectivity index (χ3v) is 16.1. The van der Waals surface area contributed by atoms with Crippen LogP contribution in [0.15, 0.2) is 231 Å². The van der Waals surface area contributed by atoms with Crippen molar-refractivity contribution in [2.75, 3.05) is 0 Å². The summed E-state index contributed by atoms with van der Waals surface area (Å²) in [5.74, 6) is 0. The molecule has 2 heteroatoms. The smallest absolute Gasteiger partial charge is 0.0979 e. The van der Waals surface area contributed by atoms with Crippen molar-refractivity contribution in [3.05, 3.63) is 253 Å². The van der Waals surface area contributed by atoms with Crippen molar-refractivity contribution >= 4 is 32.6 Å². The maximum absolute atomic E-state index is 5.81. The second-order valence-corrected chi connectivity index (χ2v) is 20.9. The van der Waals surface area contributed by atoms with Crippen LogP contribution in [0.5, 0.6) is 0 Å². The molecule has 1 aromatic heterocycles. The van der Waals surface area contributed by atoms with Crippen molar-refractivity contribution in [3.8, 4) is 89.3 Å². The molecule has 0 saturated carbocycles. The molecule has 0 bridgehead atoms. The van der Waals surface area contributed by atoms with E-state index in [-0.39, 0.29) is 10.8 Å². The molecule has 0 amide bonds. The van der Waals surface area contributed by atoms with Crippen LogP contribution < -0.4 is 0 Å².